The van der Waals surface area contributed by atoms with Gasteiger partial charge in [0.2, 0.25) is 11.8 Å². The van der Waals surface area contributed by atoms with E-state index in [0.717, 1.165) is 38.5 Å². The number of hydrogen-bond acceptors (Lipinski definition) is 5. The van der Waals surface area contributed by atoms with Crippen LogP contribution in [0.4, 0.5) is 0 Å². The van der Waals surface area contributed by atoms with Crippen molar-refractivity contribution in [1.29, 1.82) is 0 Å². The van der Waals surface area contributed by atoms with Gasteiger partial charge < -0.3 is 0 Å². The molecule has 0 bridgehead atoms. The van der Waals surface area contributed by atoms with Crippen LogP contribution in [-0.4, -0.2) is 51.5 Å². The second-order valence-corrected chi connectivity index (χ2v) is 6.73. The van der Waals surface area contributed by atoms with E-state index in [1.165, 1.54) is 21.9 Å². The molecular weight excluding hydrogens is 334 g/mol. The van der Waals surface area contributed by atoms with E-state index < -0.39 is 11.8 Å². The molecule has 0 saturated carbocycles. The van der Waals surface area contributed by atoms with Crippen LogP contribution in [0.3, 0.4) is 0 Å². The molecule has 0 unspecified atom stereocenters. The molecule has 26 heavy (non-hydrogen) atoms. The largest absolute Gasteiger partial charge is 0.279 e. The number of amides is 4. The zero-order chi connectivity index (χ0) is 18.5. The maximum atomic E-state index is 12.7. The number of imide groups is 2. The van der Waals surface area contributed by atoms with E-state index in [1.807, 2.05) is 0 Å². The molecule has 2 fully saturated rings. The van der Waals surface area contributed by atoms with Gasteiger partial charge in [-0.05, 0) is 37.8 Å². The number of likely N-dealkylation sites (tertiary alicyclic amines) is 2. The SMILES string of the molecule is O=C1CCCCCN1C(=O)c1cccc(C(=O)N2CCCCCC2=O)n1. The molecule has 3 rings (SSSR count). The van der Waals surface area contributed by atoms with Crippen molar-refractivity contribution in [1.82, 2.24) is 14.8 Å². The third-order valence-corrected chi connectivity index (χ3v) is 4.82. The van der Waals surface area contributed by atoms with Gasteiger partial charge in [0.25, 0.3) is 11.8 Å². The average Bonchev–Trinajstić information content (AvgIpc) is 3.00. The number of aromatic nitrogens is 1. The molecule has 138 valence electrons. The fraction of sp³-hybridized carbons (Fsp3) is 0.526. The van der Waals surface area contributed by atoms with Crippen molar-refractivity contribution in [3.63, 3.8) is 0 Å². The number of nitrogens with zero attached hydrogens (tertiary/aromatic N) is 3. The Bertz CT molecular complexity index is 674. The van der Waals surface area contributed by atoms with Crippen molar-refractivity contribution in [2.45, 2.75) is 51.4 Å². The zero-order valence-electron chi connectivity index (χ0n) is 14.8. The summed E-state index contributed by atoms with van der Waals surface area (Å²) in [6.45, 7) is 0.754. The number of pyridine rings is 1. The Morgan fingerprint density at radius 3 is 1.65 bits per heavy atom. The normalized spacial score (nSPS) is 19.1. The molecule has 1 aromatic rings. The molecule has 0 atom stereocenters. The lowest BCUT2D eigenvalue weighted by molar-refractivity contribution is -0.129. The predicted octanol–water partition coefficient (Wildman–Crippen LogP) is 2.17. The van der Waals surface area contributed by atoms with E-state index in [1.54, 1.807) is 6.07 Å². The molecule has 7 nitrogen and oxygen atoms in total. The minimum atomic E-state index is -0.478. The third kappa shape index (κ3) is 3.98. The van der Waals surface area contributed by atoms with Crippen molar-refractivity contribution in [3.8, 4) is 0 Å². The lowest BCUT2D eigenvalue weighted by Gasteiger charge is -2.20. The average molecular weight is 357 g/mol. The Kier molecular flexibility index (Phi) is 5.75. The summed E-state index contributed by atoms with van der Waals surface area (Å²) in [5, 5.41) is 0. The Morgan fingerprint density at radius 1 is 0.731 bits per heavy atom. The first-order valence-corrected chi connectivity index (χ1v) is 9.24. The molecule has 2 aliphatic rings. The second-order valence-electron chi connectivity index (χ2n) is 6.73. The van der Waals surface area contributed by atoms with Gasteiger partial charge in [-0.15, -0.1) is 0 Å². The van der Waals surface area contributed by atoms with Crippen LogP contribution in [0.1, 0.15) is 72.3 Å². The predicted molar refractivity (Wildman–Crippen MR) is 93.3 cm³/mol. The standard InChI is InChI=1S/C19H23N3O4/c23-16-10-3-1-5-12-21(16)18(25)14-8-7-9-15(20-14)19(26)22-13-6-2-4-11-17(22)24/h7-9H,1-6,10-13H2. The number of carbonyl (C=O) groups excluding carboxylic acids is 4. The van der Waals surface area contributed by atoms with Crippen LogP contribution in [0.2, 0.25) is 0 Å². The van der Waals surface area contributed by atoms with E-state index in [-0.39, 0.29) is 23.2 Å². The maximum absolute atomic E-state index is 12.7. The van der Waals surface area contributed by atoms with Crippen LogP contribution in [0.15, 0.2) is 18.2 Å². The van der Waals surface area contributed by atoms with Crippen LogP contribution >= 0.6 is 0 Å². The van der Waals surface area contributed by atoms with Gasteiger partial charge >= 0.3 is 0 Å². The molecule has 0 aliphatic carbocycles. The molecule has 0 spiro atoms. The Morgan fingerprint density at radius 2 is 1.19 bits per heavy atom. The Labute approximate surface area is 152 Å². The van der Waals surface area contributed by atoms with Gasteiger partial charge in [0.1, 0.15) is 11.4 Å². The summed E-state index contributed by atoms with van der Waals surface area (Å²) in [6.07, 6.45) is 5.66. The van der Waals surface area contributed by atoms with Crippen LogP contribution in [0, 0.1) is 0 Å². The second kappa shape index (κ2) is 8.21. The monoisotopic (exact) mass is 357 g/mol. The molecule has 2 saturated heterocycles. The summed E-state index contributed by atoms with van der Waals surface area (Å²) in [5.74, 6) is -1.36. The summed E-state index contributed by atoms with van der Waals surface area (Å²) in [4.78, 5) is 56.2. The first kappa shape index (κ1) is 18.2. The first-order valence-electron chi connectivity index (χ1n) is 9.24. The van der Waals surface area contributed by atoms with Gasteiger partial charge in [0, 0.05) is 25.9 Å². The van der Waals surface area contributed by atoms with E-state index in [2.05, 4.69) is 4.98 Å². The molecular formula is C19H23N3O4. The van der Waals surface area contributed by atoms with Crippen LogP contribution in [0.5, 0.6) is 0 Å². The van der Waals surface area contributed by atoms with E-state index in [0.29, 0.717) is 25.9 Å². The lowest BCUT2D eigenvalue weighted by Crippen LogP contribution is -2.38. The molecule has 4 amide bonds. The number of hydrogen-bond donors (Lipinski definition) is 0. The van der Waals surface area contributed by atoms with E-state index >= 15 is 0 Å². The third-order valence-electron chi connectivity index (χ3n) is 4.82. The fourth-order valence-electron chi connectivity index (χ4n) is 3.34. The lowest BCUT2D eigenvalue weighted by atomic mass is 10.2. The fourth-order valence-corrected chi connectivity index (χ4v) is 3.34. The molecule has 0 radical (unpaired) electrons. The highest BCUT2D eigenvalue weighted by Gasteiger charge is 2.28. The first-order chi connectivity index (χ1) is 12.6. The summed E-state index contributed by atoms with van der Waals surface area (Å²) in [5.41, 5.74) is 0.127. The van der Waals surface area contributed by atoms with Crippen molar-refractivity contribution in [2.24, 2.45) is 0 Å². The summed E-state index contributed by atoms with van der Waals surface area (Å²) >= 11 is 0. The number of carbonyl (C=O) groups is 4. The highest BCUT2D eigenvalue weighted by Crippen LogP contribution is 2.16. The quantitative estimate of drug-likeness (QED) is 0.757. The summed E-state index contributed by atoms with van der Waals surface area (Å²) in [7, 11) is 0. The minimum Gasteiger partial charge on any atom is -0.277 e. The van der Waals surface area contributed by atoms with Crippen LogP contribution < -0.4 is 0 Å². The molecule has 2 aliphatic heterocycles. The molecule has 1 aromatic heterocycles. The highest BCUT2D eigenvalue weighted by atomic mass is 16.2. The summed E-state index contributed by atoms with van der Waals surface area (Å²) in [6, 6.07) is 4.57. The minimum absolute atomic E-state index is 0.0633. The van der Waals surface area contributed by atoms with Gasteiger partial charge in [-0.25, -0.2) is 4.98 Å². The summed E-state index contributed by atoms with van der Waals surface area (Å²) < 4.78 is 0. The topological polar surface area (TPSA) is 87.7 Å². The maximum Gasteiger partial charge on any atom is 0.279 e. The Balaban J connectivity index is 1.81. The Hall–Kier alpha value is -2.57. The van der Waals surface area contributed by atoms with Crippen LogP contribution in [-0.2, 0) is 9.59 Å². The van der Waals surface area contributed by atoms with Crippen molar-refractivity contribution < 1.29 is 19.2 Å². The number of rotatable bonds is 2. The molecule has 7 heteroatoms. The molecule has 0 aromatic carbocycles. The van der Waals surface area contributed by atoms with Crippen molar-refractivity contribution in [2.75, 3.05) is 13.1 Å². The van der Waals surface area contributed by atoms with E-state index in [4.69, 9.17) is 0 Å². The van der Waals surface area contributed by atoms with E-state index in [9.17, 15) is 19.2 Å². The van der Waals surface area contributed by atoms with Crippen molar-refractivity contribution in [3.05, 3.63) is 29.6 Å². The zero-order valence-corrected chi connectivity index (χ0v) is 14.8. The molecule has 0 N–H and O–H groups in total. The van der Waals surface area contributed by atoms with Gasteiger partial charge in [-0.3, -0.25) is 29.0 Å². The smallest absolute Gasteiger partial charge is 0.277 e. The highest BCUT2D eigenvalue weighted by molar-refractivity contribution is 6.06. The van der Waals surface area contributed by atoms with Gasteiger partial charge in [-0.1, -0.05) is 18.9 Å². The van der Waals surface area contributed by atoms with Gasteiger partial charge in [0.05, 0.1) is 0 Å². The van der Waals surface area contributed by atoms with Crippen LogP contribution in [0.25, 0.3) is 0 Å². The van der Waals surface area contributed by atoms with Crippen molar-refractivity contribution >= 4 is 23.6 Å². The van der Waals surface area contributed by atoms with Gasteiger partial charge in [0.15, 0.2) is 0 Å². The van der Waals surface area contributed by atoms with Gasteiger partial charge in [-0.2, -0.15) is 0 Å². The molecule has 3 heterocycles.